The van der Waals surface area contributed by atoms with Gasteiger partial charge in [0.2, 0.25) is 0 Å². The van der Waals surface area contributed by atoms with Crippen molar-refractivity contribution in [3.63, 3.8) is 0 Å². The van der Waals surface area contributed by atoms with Crippen LogP contribution in [0.5, 0.6) is 0 Å². The highest BCUT2D eigenvalue weighted by molar-refractivity contribution is 6.33. The number of rotatable bonds is 4. The maximum Gasteiger partial charge on any atom is 0.407 e. The van der Waals surface area contributed by atoms with Crippen molar-refractivity contribution in [1.82, 2.24) is 15.4 Å². The molecule has 1 aliphatic rings. The Morgan fingerprint density at radius 3 is 2.84 bits per heavy atom. The van der Waals surface area contributed by atoms with E-state index < -0.39 is 18.0 Å². The van der Waals surface area contributed by atoms with Crippen molar-refractivity contribution >= 4 is 41.5 Å². The molecule has 0 saturated carbocycles. The minimum atomic E-state index is -0.948. The lowest BCUT2D eigenvalue weighted by atomic mass is 10.2. The molecular weight excluding hydrogens is 352 g/mol. The first-order valence-corrected chi connectivity index (χ1v) is 7.78. The molecule has 0 aliphatic carbocycles. The molecular formula is C15H17ClN4O5. The van der Waals surface area contributed by atoms with Gasteiger partial charge < -0.3 is 20.2 Å². The predicted molar refractivity (Wildman–Crippen MR) is 89.8 cm³/mol. The monoisotopic (exact) mass is 368 g/mol. The van der Waals surface area contributed by atoms with E-state index in [1.807, 2.05) is 5.48 Å². The van der Waals surface area contributed by atoms with Crippen LogP contribution in [0.15, 0.2) is 18.3 Å². The average Bonchev–Trinajstić information content (AvgIpc) is 3.02. The molecule has 0 bridgehead atoms. The van der Waals surface area contributed by atoms with Gasteiger partial charge in [0.25, 0.3) is 5.91 Å². The minimum Gasteiger partial charge on any atom is -0.465 e. The summed E-state index contributed by atoms with van der Waals surface area (Å²) in [4.78, 5) is 42.7. The number of carbonyl (C=O) groups excluding carboxylic acids is 2. The van der Waals surface area contributed by atoms with Gasteiger partial charge in [0.1, 0.15) is 5.82 Å². The van der Waals surface area contributed by atoms with E-state index in [1.54, 1.807) is 6.07 Å². The number of hydroxylamine groups is 1. The van der Waals surface area contributed by atoms with Crippen molar-refractivity contribution in [1.29, 1.82) is 0 Å². The smallest absolute Gasteiger partial charge is 0.407 e. The second-order valence-electron chi connectivity index (χ2n) is 5.35. The van der Waals surface area contributed by atoms with Gasteiger partial charge in [-0.1, -0.05) is 11.6 Å². The standard InChI is InChI=1S/C15H17ClN4O5/c1-9(21)25-19-13(22)3-2-10-6-12(16)14(17-7-10)18-11-4-5-20(8-11)15(23)24/h2-3,6-7,11H,4-5,8H2,1H3,(H,17,18)(H,19,22)(H,23,24)/b3-2+/t11-/m1/s1. The molecule has 1 saturated heterocycles. The minimum absolute atomic E-state index is 0.0583. The Hall–Kier alpha value is -2.81. The summed E-state index contributed by atoms with van der Waals surface area (Å²) >= 11 is 6.17. The van der Waals surface area contributed by atoms with Crippen LogP contribution in [-0.2, 0) is 14.4 Å². The summed E-state index contributed by atoms with van der Waals surface area (Å²) in [5.74, 6) is -0.788. The molecule has 0 unspecified atom stereocenters. The summed E-state index contributed by atoms with van der Waals surface area (Å²) in [6, 6.07) is 1.55. The first-order valence-electron chi connectivity index (χ1n) is 7.40. The molecule has 0 radical (unpaired) electrons. The lowest BCUT2D eigenvalue weighted by Gasteiger charge is -2.15. The molecule has 1 aliphatic heterocycles. The molecule has 0 spiro atoms. The number of amides is 2. The summed E-state index contributed by atoms with van der Waals surface area (Å²) in [6.07, 6.45) is 3.86. The Morgan fingerprint density at radius 2 is 2.24 bits per heavy atom. The summed E-state index contributed by atoms with van der Waals surface area (Å²) in [5.41, 5.74) is 2.52. The molecule has 1 atom stereocenters. The Kier molecular flexibility index (Phi) is 6.18. The van der Waals surface area contributed by atoms with Crippen molar-refractivity contribution in [3.05, 3.63) is 28.9 Å². The van der Waals surface area contributed by atoms with E-state index in [2.05, 4.69) is 15.1 Å². The average molecular weight is 369 g/mol. The van der Waals surface area contributed by atoms with Crippen LogP contribution in [0.3, 0.4) is 0 Å². The Morgan fingerprint density at radius 1 is 1.48 bits per heavy atom. The molecule has 1 aromatic heterocycles. The fraction of sp³-hybridized carbons (Fsp3) is 0.333. The van der Waals surface area contributed by atoms with Crippen LogP contribution in [0.2, 0.25) is 5.02 Å². The summed E-state index contributed by atoms with van der Waals surface area (Å²) in [6.45, 7) is 1.99. The van der Waals surface area contributed by atoms with Crippen molar-refractivity contribution in [3.8, 4) is 0 Å². The predicted octanol–water partition coefficient (Wildman–Crippen LogP) is 1.51. The van der Waals surface area contributed by atoms with Gasteiger partial charge in [-0.15, -0.1) is 0 Å². The third-order valence-electron chi connectivity index (χ3n) is 3.38. The molecule has 9 nitrogen and oxygen atoms in total. The van der Waals surface area contributed by atoms with Gasteiger partial charge in [0.05, 0.1) is 5.02 Å². The largest absolute Gasteiger partial charge is 0.465 e. The normalized spacial score (nSPS) is 16.7. The topological polar surface area (TPSA) is 121 Å². The number of carboxylic acid groups (broad SMARTS) is 1. The number of halogens is 1. The van der Waals surface area contributed by atoms with E-state index in [0.29, 0.717) is 35.9 Å². The molecule has 2 heterocycles. The van der Waals surface area contributed by atoms with Crippen LogP contribution in [0.1, 0.15) is 18.9 Å². The van der Waals surface area contributed by atoms with Gasteiger partial charge in [-0.25, -0.2) is 9.78 Å². The fourth-order valence-corrected chi connectivity index (χ4v) is 2.45. The van der Waals surface area contributed by atoms with Crippen molar-refractivity contribution < 1.29 is 24.3 Å². The highest BCUT2D eigenvalue weighted by Crippen LogP contribution is 2.23. The van der Waals surface area contributed by atoms with Crippen LogP contribution in [0, 0.1) is 0 Å². The number of likely N-dealkylation sites (tertiary alicyclic amines) is 1. The molecule has 1 aromatic rings. The van der Waals surface area contributed by atoms with Crippen LogP contribution < -0.4 is 10.8 Å². The summed E-state index contributed by atoms with van der Waals surface area (Å²) in [5, 5.41) is 12.4. The number of hydrogen-bond donors (Lipinski definition) is 3. The Bertz CT molecular complexity index is 709. The van der Waals surface area contributed by atoms with Crippen molar-refractivity contribution in [2.45, 2.75) is 19.4 Å². The maximum atomic E-state index is 11.4. The van der Waals surface area contributed by atoms with Gasteiger partial charge in [-0.3, -0.25) is 9.59 Å². The number of nitrogens with zero attached hydrogens (tertiary/aromatic N) is 2. The molecule has 2 amide bonds. The van der Waals surface area contributed by atoms with Gasteiger partial charge >= 0.3 is 12.1 Å². The summed E-state index contributed by atoms with van der Waals surface area (Å²) in [7, 11) is 0. The first kappa shape index (κ1) is 18.5. The first-order chi connectivity index (χ1) is 11.8. The summed E-state index contributed by atoms with van der Waals surface area (Å²) < 4.78 is 0. The Labute approximate surface area is 148 Å². The van der Waals surface area contributed by atoms with E-state index in [1.165, 1.54) is 30.2 Å². The zero-order chi connectivity index (χ0) is 18.4. The van der Waals surface area contributed by atoms with E-state index in [-0.39, 0.29) is 6.04 Å². The van der Waals surface area contributed by atoms with Gasteiger partial charge in [-0.2, -0.15) is 5.48 Å². The molecule has 3 N–H and O–H groups in total. The van der Waals surface area contributed by atoms with Crippen LogP contribution in [0.25, 0.3) is 6.08 Å². The van der Waals surface area contributed by atoms with Gasteiger partial charge in [0.15, 0.2) is 0 Å². The van der Waals surface area contributed by atoms with Crippen LogP contribution in [-0.4, -0.2) is 52.1 Å². The lowest BCUT2D eigenvalue weighted by Crippen LogP contribution is -2.30. The number of anilines is 1. The van der Waals surface area contributed by atoms with E-state index in [4.69, 9.17) is 16.7 Å². The second-order valence-corrected chi connectivity index (χ2v) is 5.76. The number of hydrogen-bond acceptors (Lipinski definition) is 6. The quantitative estimate of drug-likeness (QED) is 0.544. The molecule has 10 heteroatoms. The highest BCUT2D eigenvalue weighted by Gasteiger charge is 2.26. The third-order valence-corrected chi connectivity index (χ3v) is 3.67. The number of nitrogens with one attached hydrogen (secondary N) is 2. The van der Waals surface area contributed by atoms with Crippen molar-refractivity contribution in [2.24, 2.45) is 0 Å². The van der Waals surface area contributed by atoms with Crippen LogP contribution >= 0.6 is 11.6 Å². The number of carbonyl (C=O) groups is 3. The van der Waals surface area contributed by atoms with Crippen molar-refractivity contribution in [2.75, 3.05) is 18.4 Å². The van der Waals surface area contributed by atoms with E-state index >= 15 is 0 Å². The second kappa shape index (κ2) is 8.34. The molecule has 25 heavy (non-hydrogen) atoms. The molecule has 2 rings (SSSR count). The molecule has 1 fully saturated rings. The van der Waals surface area contributed by atoms with Gasteiger partial charge in [-0.05, 0) is 24.1 Å². The number of aromatic nitrogens is 1. The van der Waals surface area contributed by atoms with Crippen LogP contribution in [0.4, 0.5) is 10.6 Å². The van der Waals surface area contributed by atoms with Gasteiger partial charge in [0, 0.05) is 38.3 Å². The van der Waals surface area contributed by atoms with E-state index in [9.17, 15) is 14.4 Å². The molecule has 134 valence electrons. The lowest BCUT2D eigenvalue weighted by molar-refractivity contribution is -0.154. The zero-order valence-electron chi connectivity index (χ0n) is 13.4. The third kappa shape index (κ3) is 5.64. The molecule has 0 aromatic carbocycles. The SMILES string of the molecule is CC(=O)ONC(=O)/C=C/c1cnc(N[C@@H]2CCN(C(=O)O)C2)c(Cl)c1. The maximum absolute atomic E-state index is 11.4. The fourth-order valence-electron chi connectivity index (χ4n) is 2.22. The number of pyridine rings is 1. The van der Waals surface area contributed by atoms with E-state index in [0.717, 1.165) is 0 Å². The Balaban J connectivity index is 1.93. The zero-order valence-corrected chi connectivity index (χ0v) is 14.1. The highest BCUT2D eigenvalue weighted by atomic mass is 35.5.